The number of carboxylic acid groups (broad SMARTS) is 1. The molecule has 11 heavy (non-hydrogen) atoms. The fourth-order valence-corrected chi connectivity index (χ4v) is 1.43. The molecule has 4 nitrogen and oxygen atoms in total. The molecule has 1 amide bonds. The first-order valence-electron chi connectivity index (χ1n) is 3.60. The quantitative estimate of drug-likeness (QED) is 0.566. The normalized spacial score (nSPS) is 30.5. The number of aldehydes is 1. The molecular weight excluding hydrogens is 146 g/mol. The van der Waals surface area contributed by atoms with Gasteiger partial charge in [-0.05, 0) is 12.3 Å². The van der Waals surface area contributed by atoms with E-state index in [1.54, 1.807) is 0 Å². The summed E-state index contributed by atoms with van der Waals surface area (Å²) in [5.41, 5.74) is 0. The maximum atomic E-state index is 10.5. The predicted octanol–water partition coefficient (Wildman–Crippen LogP) is 0.574. The number of hydrogen-bond acceptors (Lipinski definition) is 2. The van der Waals surface area contributed by atoms with Crippen LogP contribution in [0.25, 0.3) is 0 Å². The lowest BCUT2D eigenvalue weighted by atomic mass is 10.1. The van der Waals surface area contributed by atoms with Crippen LogP contribution in [0.2, 0.25) is 0 Å². The summed E-state index contributed by atoms with van der Waals surface area (Å²) < 4.78 is 0. The second kappa shape index (κ2) is 2.90. The summed E-state index contributed by atoms with van der Waals surface area (Å²) in [6, 6.07) is -0.414. The monoisotopic (exact) mass is 157 g/mol. The maximum absolute atomic E-state index is 10.5. The highest BCUT2D eigenvalue weighted by molar-refractivity contribution is 5.72. The summed E-state index contributed by atoms with van der Waals surface area (Å²) in [6.45, 7) is 2.43. The summed E-state index contributed by atoms with van der Waals surface area (Å²) in [5, 5.41) is 8.60. The van der Waals surface area contributed by atoms with E-state index in [0.717, 1.165) is 0 Å². The average molecular weight is 157 g/mol. The molecule has 0 aromatic rings. The lowest BCUT2D eigenvalue weighted by Gasteiger charge is -2.15. The highest BCUT2D eigenvalue weighted by Gasteiger charge is 2.32. The molecule has 0 spiro atoms. The summed E-state index contributed by atoms with van der Waals surface area (Å²) >= 11 is 0. The van der Waals surface area contributed by atoms with E-state index in [1.165, 1.54) is 4.90 Å². The van der Waals surface area contributed by atoms with E-state index in [4.69, 9.17) is 5.11 Å². The largest absolute Gasteiger partial charge is 0.465 e. The number of hydrogen-bond donors (Lipinski definition) is 1. The average Bonchev–Trinajstić information content (AvgIpc) is 2.30. The second-order valence-electron chi connectivity index (χ2n) is 2.98. The summed E-state index contributed by atoms with van der Waals surface area (Å²) in [4.78, 5) is 22.0. The van der Waals surface area contributed by atoms with Gasteiger partial charge in [-0.3, -0.25) is 4.90 Å². The van der Waals surface area contributed by atoms with Gasteiger partial charge in [-0.1, -0.05) is 6.92 Å². The molecule has 62 valence electrons. The van der Waals surface area contributed by atoms with Crippen LogP contribution in [0.3, 0.4) is 0 Å². The van der Waals surface area contributed by atoms with Crippen molar-refractivity contribution >= 4 is 12.4 Å². The minimum atomic E-state index is -0.994. The highest BCUT2D eigenvalue weighted by atomic mass is 16.4. The van der Waals surface area contributed by atoms with Crippen molar-refractivity contribution in [2.45, 2.75) is 19.4 Å². The molecule has 0 aliphatic carbocycles. The van der Waals surface area contributed by atoms with Crippen LogP contribution in [0.15, 0.2) is 0 Å². The van der Waals surface area contributed by atoms with E-state index in [0.29, 0.717) is 25.2 Å². The van der Waals surface area contributed by atoms with Crippen molar-refractivity contribution in [1.82, 2.24) is 4.90 Å². The molecule has 0 aromatic carbocycles. The van der Waals surface area contributed by atoms with Gasteiger partial charge in [0.05, 0.1) is 6.04 Å². The van der Waals surface area contributed by atoms with Crippen LogP contribution in [-0.2, 0) is 4.79 Å². The van der Waals surface area contributed by atoms with Crippen molar-refractivity contribution in [2.24, 2.45) is 5.92 Å². The summed E-state index contributed by atoms with van der Waals surface area (Å²) in [7, 11) is 0. The van der Waals surface area contributed by atoms with Gasteiger partial charge in [0, 0.05) is 6.54 Å². The Hall–Kier alpha value is -1.06. The van der Waals surface area contributed by atoms with E-state index >= 15 is 0 Å². The molecule has 0 saturated carbocycles. The minimum Gasteiger partial charge on any atom is -0.465 e. The Balaban J connectivity index is 2.64. The SMILES string of the molecule is CC1C[C@@H](C=O)N(C(=O)O)C1. The molecule has 0 aromatic heterocycles. The third kappa shape index (κ3) is 1.50. The van der Waals surface area contributed by atoms with Gasteiger partial charge < -0.3 is 9.90 Å². The van der Waals surface area contributed by atoms with Crippen LogP contribution in [0, 0.1) is 5.92 Å². The maximum Gasteiger partial charge on any atom is 0.407 e. The van der Waals surface area contributed by atoms with E-state index in [9.17, 15) is 9.59 Å². The number of carbonyl (C=O) groups is 2. The Labute approximate surface area is 64.8 Å². The standard InChI is InChI=1S/C7H11NO3/c1-5-2-6(4-9)8(3-5)7(10)11/h4-6H,2-3H2,1H3,(H,10,11)/t5?,6-/m0/s1. The zero-order chi connectivity index (χ0) is 8.43. The number of likely N-dealkylation sites (tertiary alicyclic amines) is 1. The molecule has 1 rings (SSSR count). The Morgan fingerprint density at radius 1 is 1.73 bits per heavy atom. The minimum absolute atomic E-state index is 0.307. The zero-order valence-electron chi connectivity index (χ0n) is 6.36. The Morgan fingerprint density at radius 2 is 2.36 bits per heavy atom. The first kappa shape index (κ1) is 8.04. The predicted molar refractivity (Wildman–Crippen MR) is 38.4 cm³/mol. The second-order valence-corrected chi connectivity index (χ2v) is 2.98. The molecule has 1 heterocycles. The number of carbonyl (C=O) groups excluding carboxylic acids is 1. The molecule has 1 N–H and O–H groups in total. The van der Waals surface area contributed by atoms with Crippen LogP contribution in [0.1, 0.15) is 13.3 Å². The molecule has 1 fully saturated rings. The van der Waals surface area contributed by atoms with Gasteiger partial charge in [0.15, 0.2) is 0 Å². The van der Waals surface area contributed by atoms with E-state index in [2.05, 4.69) is 0 Å². The van der Waals surface area contributed by atoms with Crippen molar-refractivity contribution in [1.29, 1.82) is 0 Å². The van der Waals surface area contributed by atoms with Gasteiger partial charge in [0.1, 0.15) is 6.29 Å². The summed E-state index contributed by atoms with van der Waals surface area (Å²) in [6.07, 6.45) is 0.374. The van der Waals surface area contributed by atoms with Crippen molar-refractivity contribution in [3.05, 3.63) is 0 Å². The fourth-order valence-electron chi connectivity index (χ4n) is 1.43. The molecule has 1 aliphatic rings. The molecule has 1 unspecified atom stereocenters. The molecule has 4 heteroatoms. The molecule has 0 bridgehead atoms. The van der Waals surface area contributed by atoms with Crippen molar-refractivity contribution < 1.29 is 14.7 Å². The lowest BCUT2D eigenvalue weighted by Crippen LogP contribution is -2.35. The topological polar surface area (TPSA) is 57.6 Å². The van der Waals surface area contributed by atoms with Gasteiger partial charge in [0.25, 0.3) is 0 Å². The Bertz CT molecular complexity index is 181. The molecule has 2 atom stereocenters. The van der Waals surface area contributed by atoms with Gasteiger partial charge in [-0.15, -0.1) is 0 Å². The van der Waals surface area contributed by atoms with E-state index in [-0.39, 0.29) is 0 Å². The molecular formula is C7H11NO3. The van der Waals surface area contributed by atoms with E-state index < -0.39 is 12.1 Å². The van der Waals surface area contributed by atoms with Gasteiger partial charge in [-0.25, -0.2) is 4.79 Å². The van der Waals surface area contributed by atoms with Crippen LogP contribution in [0.5, 0.6) is 0 Å². The van der Waals surface area contributed by atoms with Gasteiger partial charge >= 0.3 is 6.09 Å². The molecule has 1 aliphatic heterocycles. The zero-order valence-corrected chi connectivity index (χ0v) is 6.36. The number of amides is 1. The Kier molecular flexibility index (Phi) is 2.12. The van der Waals surface area contributed by atoms with Crippen molar-refractivity contribution in [3.63, 3.8) is 0 Å². The number of nitrogens with zero attached hydrogens (tertiary/aromatic N) is 1. The Morgan fingerprint density at radius 3 is 2.73 bits per heavy atom. The smallest absolute Gasteiger partial charge is 0.407 e. The summed E-state index contributed by atoms with van der Waals surface area (Å²) in [5.74, 6) is 0.307. The third-order valence-corrected chi connectivity index (χ3v) is 1.96. The first-order valence-corrected chi connectivity index (χ1v) is 3.60. The van der Waals surface area contributed by atoms with Crippen LogP contribution in [0.4, 0.5) is 4.79 Å². The van der Waals surface area contributed by atoms with Crippen LogP contribution < -0.4 is 0 Å². The molecule has 0 radical (unpaired) electrons. The third-order valence-electron chi connectivity index (χ3n) is 1.96. The van der Waals surface area contributed by atoms with Crippen LogP contribution >= 0.6 is 0 Å². The highest BCUT2D eigenvalue weighted by Crippen LogP contribution is 2.20. The molecule has 1 saturated heterocycles. The van der Waals surface area contributed by atoms with Crippen molar-refractivity contribution in [2.75, 3.05) is 6.54 Å². The van der Waals surface area contributed by atoms with Crippen molar-refractivity contribution in [3.8, 4) is 0 Å². The number of rotatable bonds is 1. The van der Waals surface area contributed by atoms with Gasteiger partial charge in [-0.2, -0.15) is 0 Å². The fraction of sp³-hybridized carbons (Fsp3) is 0.714. The van der Waals surface area contributed by atoms with Crippen LogP contribution in [-0.4, -0.2) is 35.0 Å². The van der Waals surface area contributed by atoms with E-state index in [1.807, 2.05) is 6.92 Å². The van der Waals surface area contributed by atoms with Gasteiger partial charge in [0.2, 0.25) is 0 Å². The first-order chi connectivity index (χ1) is 5.15. The lowest BCUT2D eigenvalue weighted by molar-refractivity contribution is -0.111.